The molecule has 19 heavy (non-hydrogen) atoms. The lowest BCUT2D eigenvalue weighted by molar-refractivity contribution is 0.204. The van der Waals surface area contributed by atoms with Crippen LogP contribution in [0, 0.1) is 6.92 Å². The van der Waals surface area contributed by atoms with E-state index >= 15 is 0 Å². The van der Waals surface area contributed by atoms with Gasteiger partial charge in [0.15, 0.2) is 0 Å². The summed E-state index contributed by atoms with van der Waals surface area (Å²) in [5.41, 5.74) is 9.38. The summed E-state index contributed by atoms with van der Waals surface area (Å²) in [7, 11) is 0. The number of hydrogen-bond donors (Lipinski definition) is 1. The number of anilines is 2. The molecule has 104 valence electrons. The molecule has 3 heteroatoms. The van der Waals surface area contributed by atoms with Crippen molar-refractivity contribution < 1.29 is 0 Å². The number of hydrogen-bond acceptors (Lipinski definition) is 3. The van der Waals surface area contributed by atoms with Crippen molar-refractivity contribution in [3.05, 3.63) is 23.8 Å². The summed E-state index contributed by atoms with van der Waals surface area (Å²) in [5, 5.41) is 0. The molecular formula is C16H25N3. The predicted octanol–water partition coefficient (Wildman–Crippen LogP) is 2.64. The Bertz CT molecular complexity index is 457. The van der Waals surface area contributed by atoms with Gasteiger partial charge in [0.2, 0.25) is 0 Å². The van der Waals surface area contributed by atoms with Crippen molar-refractivity contribution in [1.29, 1.82) is 0 Å². The van der Waals surface area contributed by atoms with Gasteiger partial charge in [0.25, 0.3) is 0 Å². The molecule has 1 aromatic carbocycles. The standard InChI is InChI=1S/C16H25N3/c1-12-10-14(17)5-6-16(12)18-9-7-15(11-18)19-8-3-4-13(19)2/h5-6,10,13,15H,3-4,7-9,11,17H2,1-2H3. The molecule has 2 saturated heterocycles. The largest absolute Gasteiger partial charge is 0.399 e. The van der Waals surface area contributed by atoms with Gasteiger partial charge in [-0.15, -0.1) is 0 Å². The fraction of sp³-hybridized carbons (Fsp3) is 0.625. The van der Waals surface area contributed by atoms with Gasteiger partial charge in [0, 0.05) is 36.5 Å². The number of aryl methyl sites for hydroxylation is 1. The molecular weight excluding hydrogens is 234 g/mol. The Hall–Kier alpha value is -1.22. The van der Waals surface area contributed by atoms with Gasteiger partial charge in [0.1, 0.15) is 0 Å². The van der Waals surface area contributed by atoms with Crippen molar-refractivity contribution in [2.24, 2.45) is 0 Å². The molecule has 2 unspecified atom stereocenters. The van der Waals surface area contributed by atoms with Crippen molar-refractivity contribution in [2.75, 3.05) is 30.3 Å². The molecule has 2 N–H and O–H groups in total. The summed E-state index contributed by atoms with van der Waals surface area (Å²) in [5.74, 6) is 0. The maximum Gasteiger partial charge on any atom is 0.0397 e. The minimum atomic E-state index is 0.745. The summed E-state index contributed by atoms with van der Waals surface area (Å²) in [6.07, 6.45) is 4.05. The number of nitrogens with zero attached hydrogens (tertiary/aromatic N) is 2. The maximum atomic E-state index is 5.84. The van der Waals surface area contributed by atoms with Crippen LogP contribution in [0.25, 0.3) is 0 Å². The first-order valence-electron chi connectivity index (χ1n) is 7.52. The minimum Gasteiger partial charge on any atom is -0.399 e. The first-order chi connectivity index (χ1) is 9.15. The van der Waals surface area contributed by atoms with E-state index in [-0.39, 0.29) is 0 Å². The Morgan fingerprint density at radius 3 is 2.74 bits per heavy atom. The Morgan fingerprint density at radius 1 is 1.21 bits per heavy atom. The first-order valence-corrected chi connectivity index (χ1v) is 7.52. The molecule has 2 aliphatic rings. The number of likely N-dealkylation sites (tertiary alicyclic amines) is 1. The van der Waals surface area contributed by atoms with Crippen LogP contribution in [0.3, 0.4) is 0 Å². The molecule has 2 atom stereocenters. The molecule has 0 amide bonds. The minimum absolute atomic E-state index is 0.745. The topological polar surface area (TPSA) is 32.5 Å². The summed E-state index contributed by atoms with van der Waals surface area (Å²) in [4.78, 5) is 5.25. The molecule has 3 rings (SSSR count). The second kappa shape index (κ2) is 5.04. The van der Waals surface area contributed by atoms with E-state index in [1.165, 1.54) is 50.1 Å². The lowest BCUT2D eigenvalue weighted by atomic mass is 10.1. The highest BCUT2D eigenvalue weighted by molar-refractivity contribution is 5.59. The number of benzene rings is 1. The predicted molar refractivity (Wildman–Crippen MR) is 81.6 cm³/mol. The highest BCUT2D eigenvalue weighted by Crippen LogP contribution is 2.30. The Balaban J connectivity index is 1.71. The molecule has 0 bridgehead atoms. The third-order valence-electron chi connectivity index (χ3n) is 4.80. The number of nitrogen functional groups attached to an aromatic ring is 1. The second-order valence-electron chi connectivity index (χ2n) is 6.16. The molecule has 0 aliphatic carbocycles. The van der Waals surface area contributed by atoms with E-state index in [1.54, 1.807) is 0 Å². The Kier molecular flexibility index (Phi) is 3.40. The van der Waals surface area contributed by atoms with Crippen LogP contribution in [0.15, 0.2) is 18.2 Å². The molecule has 1 aromatic rings. The number of rotatable bonds is 2. The summed E-state index contributed by atoms with van der Waals surface area (Å²) in [6, 6.07) is 7.81. The van der Waals surface area contributed by atoms with Crippen LogP contribution >= 0.6 is 0 Å². The third kappa shape index (κ3) is 2.44. The zero-order valence-corrected chi connectivity index (χ0v) is 12.1. The zero-order valence-electron chi connectivity index (χ0n) is 12.1. The molecule has 2 heterocycles. The van der Waals surface area contributed by atoms with Gasteiger partial charge >= 0.3 is 0 Å². The van der Waals surface area contributed by atoms with E-state index in [2.05, 4.69) is 35.8 Å². The molecule has 0 spiro atoms. The quantitative estimate of drug-likeness (QED) is 0.829. The van der Waals surface area contributed by atoms with Crippen LogP contribution in [-0.2, 0) is 0 Å². The van der Waals surface area contributed by atoms with Crippen molar-refractivity contribution >= 4 is 11.4 Å². The lowest BCUT2D eigenvalue weighted by Crippen LogP contribution is -2.39. The van der Waals surface area contributed by atoms with E-state index < -0.39 is 0 Å². The van der Waals surface area contributed by atoms with Gasteiger partial charge in [-0.1, -0.05) is 0 Å². The van der Waals surface area contributed by atoms with Crippen molar-refractivity contribution in [2.45, 2.75) is 45.2 Å². The van der Waals surface area contributed by atoms with Gasteiger partial charge in [-0.2, -0.15) is 0 Å². The van der Waals surface area contributed by atoms with Crippen LogP contribution in [0.5, 0.6) is 0 Å². The summed E-state index contributed by atoms with van der Waals surface area (Å²) >= 11 is 0. The van der Waals surface area contributed by atoms with Crippen molar-refractivity contribution in [3.8, 4) is 0 Å². The summed E-state index contributed by atoms with van der Waals surface area (Å²) in [6.45, 7) is 8.19. The van der Waals surface area contributed by atoms with E-state index in [0.717, 1.165) is 17.8 Å². The average molecular weight is 259 g/mol. The average Bonchev–Trinajstić information content (AvgIpc) is 2.97. The fourth-order valence-corrected chi connectivity index (χ4v) is 3.76. The monoisotopic (exact) mass is 259 g/mol. The first kappa shape index (κ1) is 12.8. The zero-order chi connectivity index (χ0) is 13.4. The van der Waals surface area contributed by atoms with Crippen LogP contribution < -0.4 is 10.6 Å². The van der Waals surface area contributed by atoms with Crippen LogP contribution in [-0.4, -0.2) is 36.6 Å². The van der Waals surface area contributed by atoms with E-state index in [0.29, 0.717) is 0 Å². The highest BCUT2D eigenvalue weighted by Gasteiger charge is 2.33. The molecule has 2 fully saturated rings. The normalized spacial score (nSPS) is 28.2. The maximum absolute atomic E-state index is 5.84. The van der Waals surface area contributed by atoms with Crippen LogP contribution in [0.2, 0.25) is 0 Å². The SMILES string of the molecule is Cc1cc(N)ccc1N1CCC(N2CCCC2C)C1. The number of nitrogens with two attached hydrogens (primary N) is 1. The molecule has 3 nitrogen and oxygen atoms in total. The van der Waals surface area contributed by atoms with E-state index in [1.807, 2.05) is 6.07 Å². The smallest absolute Gasteiger partial charge is 0.0397 e. The van der Waals surface area contributed by atoms with E-state index in [9.17, 15) is 0 Å². The lowest BCUT2D eigenvalue weighted by Gasteiger charge is -2.29. The highest BCUT2D eigenvalue weighted by atomic mass is 15.3. The molecule has 0 saturated carbocycles. The molecule has 2 aliphatic heterocycles. The molecule has 0 aromatic heterocycles. The van der Waals surface area contributed by atoms with Gasteiger partial charge < -0.3 is 10.6 Å². The van der Waals surface area contributed by atoms with Gasteiger partial charge in [-0.3, -0.25) is 4.90 Å². The van der Waals surface area contributed by atoms with Crippen molar-refractivity contribution in [3.63, 3.8) is 0 Å². The Labute approximate surface area is 116 Å². The van der Waals surface area contributed by atoms with Gasteiger partial charge in [-0.05, 0) is 63.4 Å². The van der Waals surface area contributed by atoms with Gasteiger partial charge in [0.05, 0.1) is 0 Å². The van der Waals surface area contributed by atoms with Gasteiger partial charge in [-0.25, -0.2) is 0 Å². The van der Waals surface area contributed by atoms with Crippen LogP contribution in [0.1, 0.15) is 31.7 Å². The Morgan fingerprint density at radius 2 is 2.05 bits per heavy atom. The fourth-order valence-electron chi connectivity index (χ4n) is 3.76. The third-order valence-corrected chi connectivity index (χ3v) is 4.80. The van der Waals surface area contributed by atoms with Crippen LogP contribution in [0.4, 0.5) is 11.4 Å². The van der Waals surface area contributed by atoms with E-state index in [4.69, 9.17) is 5.73 Å². The summed E-state index contributed by atoms with van der Waals surface area (Å²) < 4.78 is 0. The molecule has 0 radical (unpaired) electrons. The van der Waals surface area contributed by atoms with Crippen molar-refractivity contribution in [1.82, 2.24) is 4.90 Å². The second-order valence-corrected chi connectivity index (χ2v) is 6.16.